The van der Waals surface area contributed by atoms with Crippen molar-refractivity contribution in [3.63, 3.8) is 0 Å². The molecule has 0 rings (SSSR count). The van der Waals surface area contributed by atoms with Crippen molar-refractivity contribution in [1.29, 1.82) is 0 Å². The summed E-state index contributed by atoms with van der Waals surface area (Å²) in [5, 5.41) is 27.9. The highest BCUT2D eigenvalue weighted by Crippen LogP contribution is 2.09. The van der Waals surface area contributed by atoms with E-state index in [-0.39, 0.29) is 11.1 Å². The van der Waals surface area contributed by atoms with Crippen LogP contribution in [0.1, 0.15) is 13.8 Å². The van der Waals surface area contributed by atoms with Gasteiger partial charge in [-0.15, -0.1) is 0 Å². The Labute approximate surface area is 117 Å². The fraction of sp³-hybridized carbons (Fsp3) is 0.538. The van der Waals surface area contributed by atoms with Gasteiger partial charge in [0.2, 0.25) is 0 Å². The lowest BCUT2D eigenvalue weighted by Crippen LogP contribution is -2.45. The Hall–Kier alpha value is -1.70. The second-order valence-corrected chi connectivity index (χ2v) is 4.34. The van der Waals surface area contributed by atoms with Gasteiger partial charge in [0.15, 0.2) is 6.10 Å². The summed E-state index contributed by atoms with van der Waals surface area (Å²) in [6.45, 7) is 8.34. The molecule has 20 heavy (non-hydrogen) atoms. The second kappa shape index (κ2) is 8.47. The van der Waals surface area contributed by atoms with E-state index in [0.717, 1.165) is 0 Å². The normalized spacial score (nSPS) is 14.8. The third kappa shape index (κ3) is 5.96. The van der Waals surface area contributed by atoms with Crippen LogP contribution < -0.4 is 0 Å². The van der Waals surface area contributed by atoms with Crippen LogP contribution in [0.4, 0.5) is 0 Å². The van der Waals surface area contributed by atoms with Crippen LogP contribution in [0.25, 0.3) is 0 Å². The third-order valence-corrected chi connectivity index (χ3v) is 2.30. The Bertz CT molecular complexity index is 388. The van der Waals surface area contributed by atoms with E-state index in [0.29, 0.717) is 0 Å². The van der Waals surface area contributed by atoms with Crippen LogP contribution in [0.5, 0.6) is 0 Å². The van der Waals surface area contributed by atoms with E-state index in [1.54, 1.807) is 0 Å². The lowest BCUT2D eigenvalue weighted by atomic mass is 10.1. The van der Waals surface area contributed by atoms with Crippen molar-refractivity contribution in [1.82, 2.24) is 0 Å². The molecular formula is C13H20O7. The third-order valence-electron chi connectivity index (χ3n) is 2.30. The van der Waals surface area contributed by atoms with E-state index >= 15 is 0 Å². The van der Waals surface area contributed by atoms with Crippen LogP contribution >= 0.6 is 0 Å². The first-order chi connectivity index (χ1) is 9.20. The maximum Gasteiger partial charge on any atom is 0.333 e. The molecule has 0 saturated heterocycles. The van der Waals surface area contributed by atoms with Crippen LogP contribution in [0.3, 0.4) is 0 Å². The SMILES string of the molecule is C=C(C)C(=O)OC[C@H](OC(=O)C(=C)C)[C@@H](O)[C@H](O)CO. The first-order valence-corrected chi connectivity index (χ1v) is 5.86. The van der Waals surface area contributed by atoms with Gasteiger partial charge in [0.25, 0.3) is 0 Å². The lowest BCUT2D eigenvalue weighted by Gasteiger charge is -2.25. The van der Waals surface area contributed by atoms with Gasteiger partial charge < -0.3 is 24.8 Å². The molecule has 0 unspecified atom stereocenters. The summed E-state index contributed by atoms with van der Waals surface area (Å²) in [5.74, 6) is -1.54. The fourth-order valence-corrected chi connectivity index (χ4v) is 1.08. The van der Waals surface area contributed by atoms with Crippen LogP contribution in [-0.2, 0) is 19.1 Å². The monoisotopic (exact) mass is 288 g/mol. The van der Waals surface area contributed by atoms with Crippen molar-refractivity contribution < 1.29 is 34.4 Å². The maximum atomic E-state index is 11.4. The average molecular weight is 288 g/mol. The Morgan fingerprint density at radius 1 is 1.10 bits per heavy atom. The highest BCUT2D eigenvalue weighted by molar-refractivity contribution is 5.87. The summed E-state index contributed by atoms with van der Waals surface area (Å²) < 4.78 is 9.62. The molecule has 0 spiro atoms. The van der Waals surface area contributed by atoms with Gasteiger partial charge in [0.05, 0.1) is 6.61 Å². The molecule has 0 aromatic rings. The average Bonchev–Trinajstić information content (AvgIpc) is 2.40. The minimum Gasteiger partial charge on any atom is -0.458 e. The molecule has 0 saturated carbocycles. The lowest BCUT2D eigenvalue weighted by molar-refractivity contribution is -0.168. The van der Waals surface area contributed by atoms with E-state index in [2.05, 4.69) is 13.2 Å². The molecule has 0 aromatic carbocycles. The highest BCUT2D eigenvalue weighted by atomic mass is 16.6. The summed E-state index contributed by atoms with van der Waals surface area (Å²) in [6, 6.07) is 0. The van der Waals surface area contributed by atoms with Crippen molar-refractivity contribution in [3.8, 4) is 0 Å². The number of carbonyl (C=O) groups excluding carboxylic acids is 2. The largest absolute Gasteiger partial charge is 0.458 e. The highest BCUT2D eigenvalue weighted by Gasteiger charge is 2.30. The zero-order chi connectivity index (χ0) is 15.9. The van der Waals surface area contributed by atoms with Crippen molar-refractivity contribution in [2.45, 2.75) is 32.2 Å². The molecule has 0 aliphatic heterocycles. The number of ether oxygens (including phenoxy) is 2. The molecule has 3 atom stereocenters. The van der Waals surface area contributed by atoms with E-state index in [9.17, 15) is 19.8 Å². The van der Waals surface area contributed by atoms with Gasteiger partial charge in [0.1, 0.15) is 18.8 Å². The minimum absolute atomic E-state index is 0.0758. The second-order valence-electron chi connectivity index (χ2n) is 4.34. The Balaban J connectivity index is 4.78. The number of hydrogen-bond acceptors (Lipinski definition) is 7. The van der Waals surface area contributed by atoms with Crippen molar-refractivity contribution in [2.75, 3.05) is 13.2 Å². The number of carbonyl (C=O) groups is 2. The quantitative estimate of drug-likeness (QED) is 0.400. The van der Waals surface area contributed by atoms with Gasteiger partial charge in [-0.05, 0) is 13.8 Å². The summed E-state index contributed by atoms with van der Waals surface area (Å²) in [4.78, 5) is 22.7. The molecular weight excluding hydrogens is 268 g/mol. The zero-order valence-corrected chi connectivity index (χ0v) is 11.5. The molecule has 0 aliphatic rings. The first-order valence-electron chi connectivity index (χ1n) is 5.86. The van der Waals surface area contributed by atoms with Crippen LogP contribution in [0, 0.1) is 0 Å². The van der Waals surface area contributed by atoms with Crippen LogP contribution in [0.2, 0.25) is 0 Å². The first kappa shape index (κ1) is 18.3. The predicted octanol–water partition coefficient (Wildman–Crippen LogP) is -0.692. The maximum absolute atomic E-state index is 11.4. The van der Waals surface area contributed by atoms with E-state index in [4.69, 9.17) is 14.6 Å². The number of hydrogen-bond donors (Lipinski definition) is 3. The minimum atomic E-state index is -1.61. The fourth-order valence-electron chi connectivity index (χ4n) is 1.08. The topological polar surface area (TPSA) is 113 Å². The summed E-state index contributed by atoms with van der Waals surface area (Å²) in [6.07, 6.45) is -4.48. The van der Waals surface area contributed by atoms with Gasteiger partial charge in [-0.25, -0.2) is 9.59 Å². The van der Waals surface area contributed by atoms with E-state index in [1.807, 2.05) is 0 Å². The van der Waals surface area contributed by atoms with Crippen molar-refractivity contribution in [2.24, 2.45) is 0 Å². The molecule has 0 heterocycles. The summed E-state index contributed by atoms with van der Waals surface area (Å²) in [7, 11) is 0. The Morgan fingerprint density at radius 2 is 1.60 bits per heavy atom. The molecule has 0 aliphatic carbocycles. The van der Waals surface area contributed by atoms with Gasteiger partial charge in [-0.1, -0.05) is 13.2 Å². The molecule has 0 aromatic heterocycles. The molecule has 7 heteroatoms. The van der Waals surface area contributed by atoms with Crippen LogP contribution in [0.15, 0.2) is 24.3 Å². The Morgan fingerprint density at radius 3 is 2.00 bits per heavy atom. The van der Waals surface area contributed by atoms with Gasteiger partial charge in [0, 0.05) is 11.1 Å². The van der Waals surface area contributed by atoms with Crippen molar-refractivity contribution >= 4 is 11.9 Å². The molecule has 3 N–H and O–H groups in total. The zero-order valence-electron chi connectivity index (χ0n) is 11.5. The standard InChI is InChI=1S/C13H20O7/c1-7(2)12(17)19-6-10(11(16)9(15)5-14)20-13(18)8(3)4/h9-11,14-16H,1,3,5-6H2,2,4H3/t9-,10+,11+/m1/s1. The summed E-state index contributed by atoms with van der Waals surface area (Å²) >= 11 is 0. The van der Waals surface area contributed by atoms with Gasteiger partial charge in [-0.3, -0.25) is 0 Å². The molecule has 0 fully saturated rings. The van der Waals surface area contributed by atoms with Gasteiger partial charge in [-0.2, -0.15) is 0 Å². The number of aliphatic hydroxyl groups excluding tert-OH is 3. The Kier molecular flexibility index (Phi) is 7.75. The summed E-state index contributed by atoms with van der Waals surface area (Å²) in [5.41, 5.74) is 0.207. The molecule has 0 radical (unpaired) electrons. The van der Waals surface area contributed by atoms with E-state index < -0.39 is 43.5 Å². The van der Waals surface area contributed by atoms with E-state index in [1.165, 1.54) is 13.8 Å². The molecule has 7 nitrogen and oxygen atoms in total. The smallest absolute Gasteiger partial charge is 0.333 e. The molecule has 0 amide bonds. The molecule has 0 bridgehead atoms. The number of aliphatic hydroxyl groups is 3. The number of esters is 2. The van der Waals surface area contributed by atoms with Crippen LogP contribution in [-0.4, -0.2) is 58.8 Å². The molecule has 114 valence electrons. The number of rotatable bonds is 8. The van der Waals surface area contributed by atoms with Crippen molar-refractivity contribution in [3.05, 3.63) is 24.3 Å². The predicted molar refractivity (Wildman–Crippen MR) is 69.6 cm³/mol. The van der Waals surface area contributed by atoms with Gasteiger partial charge >= 0.3 is 11.9 Å².